The van der Waals surface area contributed by atoms with E-state index in [-0.39, 0.29) is 41.1 Å². The molecular formula is C24H25FN8O2. The van der Waals surface area contributed by atoms with Crippen LogP contribution in [0.3, 0.4) is 0 Å². The number of hydrogen-bond acceptors (Lipinski definition) is 8. The molecule has 4 heterocycles. The SMILES string of the molecule is CNC(=O)C1=CN=C2N=CC(c3c(F)cn4nc(NCC(C)(C)C#N)nc(OC)c34)=CC3C1CC23. The van der Waals surface area contributed by atoms with E-state index in [0.717, 1.165) is 6.42 Å². The molecule has 2 aromatic rings. The summed E-state index contributed by atoms with van der Waals surface area (Å²) in [5.41, 5.74) is 1.16. The minimum absolute atomic E-state index is 0.0210. The summed E-state index contributed by atoms with van der Waals surface area (Å²) in [5, 5.41) is 19.3. The Morgan fingerprint density at radius 1 is 1.40 bits per heavy atom. The van der Waals surface area contributed by atoms with Crippen LogP contribution in [0.5, 0.6) is 5.88 Å². The Hall–Kier alpha value is -4.07. The van der Waals surface area contributed by atoms with Crippen LogP contribution in [0.2, 0.25) is 0 Å². The van der Waals surface area contributed by atoms with E-state index in [0.29, 0.717) is 29.0 Å². The number of rotatable bonds is 6. The fourth-order valence-corrected chi connectivity index (χ4v) is 4.73. The van der Waals surface area contributed by atoms with Crippen molar-refractivity contribution in [3.63, 3.8) is 0 Å². The van der Waals surface area contributed by atoms with Crippen LogP contribution in [0.25, 0.3) is 11.1 Å². The molecule has 2 aromatic heterocycles. The van der Waals surface area contributed by atoms with Gasteiger partial charge in [0.05, 0.1) is 30.4 Å². The van der Waals surface area contributed by atoms with Crippen LogP contribution >= 0.6 is 0 Å². The number of aliphatic imine (C=N–C) groups is 2. The Labute approximate surface area is 201 Å². The number of likely N-dealkylation sites (N-methyl/N-ethyl adjacent to an activating group) is 1. The first-order chi connectivity index (χ1) is 16.8. The van der Waals surface area contributed by atoms with Crippen molar-refractivity contribution in [2.45, 2.75) is 20.3 Å². The molecule has 0 spiro atoms. The Morgan fingerprint density at radius 3 is 2.91 bits per heavy atom. The second-order valence-electron chi connectivity index (χ2n) is 9.50. The van der Waals surface area contributed by atoms with Gasteiger partial charge in [0, 0.05) is 43.1 Å². The number of amidine groups is 1. The molecule has 10 nitrogen and oxygen atoms in total. The van der Waals surface area contributed by atoms with Crippen molar-refractivity contribution >= 4 is 35.0 Å². The predicted molar refractivity (Wildman–Crippen MR) is 129 cm³/mol. The van der Waals surface area contributed by atoms with E-state index in [9.17, 15) is 10.1 Å². The molecule has 0 radical (unpaired) electrons. The number of ether oxygens (including phenoxy) is 1. The zero-order valence-electron chi connectivity index (χ0n) is 19.8. The summed E-state index contributed by atoms with van der Waals surface area (Å²) >= 11 is 0. The zero-order chi connectivity index (χ0) is 24.9. The van der Waals surface area contributed by atoms with Gasteiger partial charge in [0.15, 0.2) is 5.82 Å². The molecule has 1 amide bonds. The normalized spacial score (nSPS) is 22.6. The highest BCUT2D eigenvalue weighted by Gasteiger charge is 2.48. The van der Waals surface area contributed by atoms with Crippen molar-refractivity contribution < 1.29 is 13.9 Å². The molecule has 3 atom stereocenters. The maximum Gasteiger partial charge on any atom is 0.248 e. The van der Waals surface area contributed by atoms with Gasteiger partial charge in [0.25, 0.3) is 0 Å². The van der Waals surface area contributed by atoms with Crippen LogP contribution in [-0.2, 0) is 4.79 Å². The Morgan fingerprint density at radius 2 is 2.20 bits per heavy atom. The third kappa shape index (κ3) is 3.75. The number of nitriles is 1. The molecule has 3 unspecified atom stereocenters. The van der Waals surface area contributed by atoms with Gasteiger partial charge in [0.2, 0.25) is 17.7 Å². The molecule has 1 saturated carbocycles. The van der Waals surface area contributed by atoms with Gasteiger partial charge in [-0.2, -0.15) is 10.2 Å². The quantitative estimate of drug-likeness (QED) is 0.659. The van der Waals surface area contributed by atoms with Crippen LogP contribution in [-0.4, -0.2) is 53.3 Å². The number of carbonyl (C=O) groups excluding carboxylic acids is 1. The Kier molecular flexibility index (Phi) is 5.39. The third-order valence-corrected chi connectivity index (χ3v) is 6.73. The number of nitrogens with one attached hydrogen (secondary N) is 2. The number of anilines is 1. The van der Waals surface area contributed by atoms with Gasteiger partial charge in [0.1, 0.15) is 11.4 Å². The number of methoxy groups -OCH3 is 1. The molecule has 5 rings (SSSR count). The van der Waals surface area contributed by atoms with Crippen LogP contribution in [0.15, 0.2) is 34.0 Å². The van der Waals surface area contributed by atoms with E-state index in [1.54, 1.807) is 33.3 Å². The summed E-state index contributed by atoms with van der Waals surface area (Å²) in [4.78, 5) is 25.8. The van der Waals surface area contributed by atoms with E-state index < -0.39 is 11.2 Å². The van der Waals surface area contributed by atoms with Gasteiger partial charge in [-0.1, -0.05) is 6.08 Å². The fourth-order valence-electron chi connectivity index (χ4n) is 4.73. The first kappa shape index (κ1) is 22.7. The van der Waals surface area contributed by atoms with Gasteiger partial charge in [-0.25, -0.2) is 18.9 Å². The number of hydrogen-bond donors (Lipinski definition) is 2. The summed E-state index contributed by atoms with van der Waals surface area (Å²) in [5.74, 6) is 0.376. The maximum absolute atomic E-state index is 15.4. The summed E-state index contributed by atoms with van der Waals surface area (Å²) < 4.78 is 22.3. The van der Waals surface area contributed by atoms with Crippen LogP contribution in [0.1, 0.15) is 25.8 Å². The van der Waals surface area contributed by atoms with Crippen molar-refractivity contribution in [2.75, 3.05) is 26.0 Å². The molecule has 1 aliphatic carbocycles. The number of carbonyl (C=O) groups is 1. The molecular weight excluding hydrogens is 451 g/mol. The van der Waals surface area contributed by atoms with Crippen molar-refractivity contribution in [3.05, 3.63) is 35.4 Å². The summed E-state index contributed by atoms with van der Waals surface area (Å²) in [6.45, 7) is 3.89. The molecule has 1 fully saturated rings. The largest absolute Gasteiger partial charge is 0.479 e. The smallest absolute Gasteiger partial charge is 0.248 e. The van der Waals surface area contributed by atoms with E-state index in [1.165, 1.54) is 17.8 Å². The van der Waals surface area contributed by atoms with Crippen LogP contribution in [0.4, 0.5) is 10.3 Å². The van der Waals surface area contributed by atoms with Gasteiger partial charge in [-0.3, -0.25) is 4.79 Å². The van der Waals surface area contributed by atoms with Crippen LogP contribution in [0, 0.1) is 40.3 Å². The average Bonchev–Trinajstić information content (AvgIpc) is 2.97. The molecule has 3 aliphatic rings. The van der Waals surface area contributed by atoms with E-state index in [4.69, 9.17) is 4.74 Å². The third-order valence-electron chi connectivity index (χ3n) is 6.73. The minimum atomic E-state index is -0.637. The molecule has 35 heavy (non-hydrogen) atoms. The second-order valence-corrected chi connectivity index (χ2v) is 9.50. The number of halogens is 1. The number of fused-ring (bicyclic) bond motifs is 1. The van der Waals surface area contributed by atoms with Gasteiger partial charge in [-0.15, -0.1) is 5.10 Å². The van der Waals surface area contributed by atoms with Gasteiger partial charge in [-0.05, 0) is 32.1 Å². The van der Waals surface area contributed by atoms with Crippen molar-refractivity contribution in [1.82, 2.24) is 19.9 Å². The molecule has 2 aliphatic heterocycles. The summed E-state index contributed by atoms with van der Waals surface area (Å²) in [7, 11) is 3.05. The lowest BCUT2D eigenvalue weighted by Crippen LogP contribution is -2.42. The molecule has 0 aromatic carbocycles. The zero-order valence-corrected chi connectivity index (χ0v) is 19.8. The van der Waals surface area contributed by atoms with E-state index in [2.05, 4.69) is 36.8 Å². The molecule has 0 saturated heterocycles. The Balaban J connectivity index is 1.56. The van der Waals surface area contributed by atoms with Crippen molar-refractivity contribution in [1.29, 1.82) is 5.26 Å². The molecule has 2 N–H and O–H groups in total. The monoisotopic (exact) mass is 476 g/mol. The number of allylic oxidation sites excluding steroid dienone is 2. The fraction of sp³-hybridized carbons (Fsp3) is 0.417. The van der Waals surface area contributed by atoms with Crippen LogP contribution < -0.4 is 15.4 Å². The number of amides is 1. The topological polar surface area (TPSA) is 129 Å². The van der Waals surface area contributed by atoms with E-state index in [1.807, 2.05) is 6.08 Å². The average molecular weight is 477 g/mol. The predicted octanol–water partition coefficient (Wildman–Crippen LogP) is 2.60. The van der Waals surface area contributed by atoms with E-state index >= 15 is 4.39 Å². The highest BCUT2D eigenvalue weighted by molar-refractivity contribution is 6.18. The standard InChI is InChI=1S/C24H25FN8O2/c1-24(2,10-26)11-30-23-31-22(35-4)19-18(17(25)9-33(19)32-23)12-5-13-14-6-15(13)20(28-7-12)29-8-16(14)21(34)27-3/h5,7-9,13-15H,6,11H2,1-4H3,(H,27,34)(H,30,32). The summed E-state index contributed by atoms with van der Waals surface area (Å²) in [6.07, 6.45) is 7.20. The molecule has 180 valence electrons. The molecule has 4 bridgehead atoms. The van der Waals surface area contributed by atoms with Gasteiger partial charge < -0.3 is 15.4 Å². The molecule has 11 heteroatoms. The number of aromatic nitrogens is 3. The van der Waals surface area contributed by atoms with Crippen molar-refractivity contribution in [2.24, 2.45) is 33.2 Å². The highest BCUT2D eigenvalue weighted by atomic mass is 19.1. The number of nitrogens with zero attached hydrogens (tertiary/aromatic N) is 6. The first-order valence-corrected chi connectivity index (χ1v) is 11.3. The lowest BCUT2D eigenvalue weighted by atomic mass is 9.61. The lowest BCUT2D eigenvalue weighted by Gasteiger charge is -2.41. The second kappa shape index (κ2) is 8.30. The first-order valence-electron chi connectivity index (χ1n) is 11.3. The van der Waals surface area contributed by atoms with Gasteiger partial charge >= 0.3 is 0 Å². The minimum Gasteiger partial charge on any atom is -0.479 e. The maximum atomic E-state index is 15.4. The highest BCUT2D eigenvalue weighted by Crippen LogP contribution is 2.50. The summed E-state index contributed by atoms with van der Waals surface area (Å²) in [6, 6.07) is 2.21. The van der Waals surface area contributed by atoms with Crippen molar-refractivity contribution in [3.8, 4) is 11.9 Å². The lowest BCUT2D eigenvalue weighted by molar-refractivity contribution is -0.118. The Bertz CT molecular complexity index is 1390.